The number of rotatable bonds is 4. The van der Waals surface area contributed by atoms with Gasteiger partial charge < -0.3 is 24.8 Å². The van der Waals surface area contributed by atoms with E-state index in [0.717, 1.165) is 6.42 Å². The van der Waals surface area contributed by atoms with Crippen molar-refractivity contribution in [2.45, 2.75) is 23.9 Å². The molecule has 2 aliphatic carbocycles. The van der Waals surface area contributed by atoms with Gasteiger partial charge in [-0.1, -0.05) is 0 Å². The zero-order chi connectivity index (χ0) is 23.1. The van der Waals surface area contributed by atoms with E-state index in [1.165, 1.54) is 22.3 Å². The second kappa shape index (κ2) is 11.6. The van der Waals surface area contributed by atoms with Crippen LogP contribution in [0.1, 0.15) is 32.3 Å². The summed E-state index contributed by atoms with van der Waals surface area (Å²) < 4.78 is 2.34. The van der Waals surface area contributed by atoms with E-state index in [-0.39, 0.29) is 24.8 Å². The molecule has 0 amide bonds. The normalized spacial score (nSPS) is 13.0. The van der Waals surface area contributed by atoms with Gasteiger partial charge in [-0.3, -0.25) is 0 Å². The van der Waals surface area contributed by atoms with E-state index < -0.39 is 25.8 Å². The summed E-state index contributed by atoms with van der Waals surface area (Å²) in [6, 6.07) is 37.3. The standard InChI is InChI=1S/C15H13.C12H10Si.C5H5.2ClH.Zr/c1-10-3-5-14-12(7-10)9-13-8-11(2)4-6-15(13)14;1-3-7-11(8-4-1)13-12-9-5-2-6-10-12;1-2-4-5-3-1;;;/h3-9H,1-2H3;1-10H;1-3H,4H2;2*1H;/q;;;;;+2/p-2. The molecule has 0 saturated carbocycles. The van der Waals surface area contributed by atoms with Gasteiger partial charge in [0.05, 0.1) is 0 Å². The first-order valence-corrected chi connectivity index (χ1v) is 20.0. The van der Waals surface area contributed by atoms with Crippen molar-refractivity contribution >= 4 is 15.8 Å². The first kappa shape index (κ1) is 27.1. The Balaban J connectivity index is 0.00000152. The van der Waals surface area contributed by atoms with Crippen LogP contribution in [-0.2, 0) is 20.4 Å². The molecule has 0 nitrogen and oxygen atoms in total. The zero-order valence-electron chi connectivity index (χ0n) is 20.5. The van der Waals surface area contributed by atoms with Gasteiger partial charge in [-0.2, -0.15) is 0 Å². The quantitative estimate of drug-likeness (QED) is 0.301. The molecule has 0 unspecified atom stereocenters. The Labute approximate surface area is 235 Å². The minimum Gasteiger partial charge on any atom is -1.00 e. The van der Waals surface area contributed by atoms with E-state index >= 15 is 0 Å². The fourth-order valence-corrected chi connectivity index (χ4v) is 27.9. The molecule has 0 heterocycles. The molecule has 0 aliphatic heterocycles. The van der Waals surface area contributed by atoms with Gasteiger partial charge in [0.25, 0.3) is 0 Å². The van der Waals surface area contributed by atoms with Gasteiger partial charge in [0.15, 0.2) is 0 Å². The second-order valence-electron chi connectivity index (χ2n) is 9.46. The zero-order valence-corrected chi connectivity index (χ0v) is 25.5. The Morgan fingerprint density at radius 1 is 0.667 bits per heavy atom. The van der Waals surface area contributed by atoms with Gasteiger partial charge in [-0.25, -0.2) is 0 Å². The van der Waals surface area contributed by atoms with E-state index in [4.69, 9.17) is 0 Å². The Hall–Kier alpha value is -1.96. The van der Waals surface area contributed by atoms with Crippen molar-refractivity contribution in [3.63, 3.8) is 0 Å². The fourth-order valence-electron chi connectivity index (χ4n) is 5.64. The molecule has 4 aromatic rings. The van der Waals surface area contributed by atoms with Gasteiger partial charge in [-0.15, -0.1) is 0 Å². The molecular weight excluding hydrogens is 575 g/mol. The summed E-state index contributed by atoms with van der Waals surface area (Å²) >= 11 is -2.34. The molecule has 0 radical (unpaired) electrons. The number of hydrogen-bond acceptors (Lipinski definition) is 0. The Kier molecular flexibility index (Phi) is 8.74. The topological polar surface area (TPSA) is 0 Å². The summed E-state index contributed by atoms with van der Waals surface area (Å²) in [6.45, 7) is 4.51. The Bertz CT molecular complexity index is 1390. The maximum absolute atomic E-state index is 2.51. The van der Waals surface area contributed by atoms with Crippen LogP contribution >= 0.6 is 0 Å². The number of fused-ring (bicyclic) bond motifs is 3. The summed E-state index contributed by atoms with van der Waals surface area (Å²) in [6.07, 6.45) is 8.33. The van der Waals surface area contributed by atoms with Crippen LogP contribution in [0.2, 0.25) is 0 Å². The van der Waals surface area contributed by atoms with Crippen LogP contribution in [0, 0.1) is 13.8 Å². The smallest absolute Gasteiger partial charge is 1.00 e. The average molecular weight is 603 g/mol. The number of halogens is 2. The van der Waals surface area contributed by atoms with Crippen molar-refractivity contribution in [1.29, 1.82) is 0 Å². The van der Waals surface area contributed by atoms with E-state index in [0.29, 0.717) is 3.63 Å². The maximum Gasteiger partial charge on any atom is -1.00 e. The van der Waals surface area contributed by atoms with E-state index in [1.807, 2.05) is 0 Å². The summed E-state index contributed by atoms with van der Waals surface area (Å²) in [5, 5.41) is 3.16. The van der Waals surface area contributed by atoms with Crippen LogP contribution < -0.4 is 35.2 Å². The number of aryl methyl sites for hydroxylation is 2. The first-order chi connectivity index (χ1) is 16.7. The summed E-state index contributed by atoms with van der Waals surface area (Å²) in [7, 11) is 0. The van der Waals surface area contributed by atoms with Gasteiger partial charge in [0.1, 0.15) is 0 Å². The van der Waals surface area contributed by atoms with E-state index in [1.54, 1.807) is 24.8 Å². The predicted molar refractivity (Wildman–Crippen MR) is 143 cm³/mol. The third-order valence-electron chi connectivity index (χ3n) is 7.13. The summed E-state index contributed by atoms with van der Waals surface area (Å²) in [4.78, 5) is 0. The second-order valence-corrected chi connectivity index (χ2v) is 23.3. The van der Waals surface area contributed by atoms with Crippen LogP contribution in [0.5, 0.6) is 0 Å². The maximum atomic E-state index is 2.51. The predicted octanol–water partition coefficient (Wildman–Crippen LogP) is 0.649. The number of allylic oxidation sites excluding steroid dienone is 4. The van der Waals surface area contributed by atoms with Crippen molar-refractivity contribution < 1.29 is 45.2 Å². The number of benzene rings is 4. The van der Waals surface area contributed by atoms with Crippen molar-refractivity contribution in [1.82, 2.24) is 0 Å². The number of hydrogen-bond donors (Lipinski definition) is 0. The molecule has 4 heteroatoms. The molecule has 0 bridgehead atoms. The molecule has 0 N–H and O–H groups in total. The van der Waals surface area contributed by atoms with Crippen LogP contribution in [-0.4, -0.2) is 5.43 Å². The van der Waals surface area contributed by atoms with E-state index in [2.05, 4.69) is 129 Å². The minimum atomic E-state index is -2.34. The van der Waals surface area contributed by atoms with Gasteiger partial charge >= 0.3 is 212 Å². The molecule has 0 aromatic heterocycles. The van der Waals surface area contributed by atoms with Crippen LogP contribution in [0.3, 0.4) is 0 Å². The minimum absolute atomic E-state index is 0. The molecule has 2 aliphatic rings. The van der Waals surface area contributed by atoms with Gasteiger partial charge in [0.2, 0.25) is 0 Å². The van der Waals surface area contributed by atoms with Crippen molar-refractivity contribution in [3.8, 4) is 11.1 Å². The van der Waals surface area contributed by atoms with Crippen molar-refractivity contribution in [2.75, 3.05) is 0 Å². The van der Waals surface area contributed by atoms with Crippen LogP contribution in [0.25, 0.3) is 11.1 Å². The fraction of sp³-hybridized carbons (Fsp3) is 0.125. The van der Waals surface area contributed by atoms with Gasteiger partial charge in [0, 0.05) is 0 Å². The molecule has 0 fully saturated rings. The Morgan fingerprint density at radius 3 is 1.61 bits per heavy atom. The SMILES string of the molecule is Cc1ccc2c(c1)[CH]([Zr+2]([C]1=CC=CC1)=[Si](c1ccccc1)c1ccccc1)c1cc(C)ccc1-2.[Cl-].[Cl-]. The third-order valence-corrected chi connectivity index (χ3v) is 26.9. The summed E-state index contributed by atoms with van der Waals surface area (Å²) in [5.74, 6) is 0. The van der Waals surface area contributed by atoms with Crippen molar-refractivity contribution in [2.24, 2.45) is 0 Å². The van der Waals surface area contributed by atoms with Crippen molar-refractivity contribution in [3.05, 3.63) is 141 Å². The summed E-state index contributed by atoms with van der Waals surface area (Å²) in [5.41, 5.74) is 7.96. The largest absolute Gasteiger partial charge is 1.00 e. The molecule has 178 valence electrons. The molecule has 6 rings (SSSR count). The molecule has 0 spiro atoms. The monoisotopic (exact) mass is 600 g/mol. The molecule has 36 heavy (non-hydrogen) atoms. The third kappa shape index (κ3) is 4.94. The molecule has 0 saturated heterocycles. The van der Waals surface area contributed by atoms with Gasteiger partial charge in [-0.05, 0) is 0 Å². The average Bonchev–Trinajstić information content (AvgIpc) is 3.50. The first-order valence-electron chi connectivity index (χ1n) is 12.1. The Morgan fingerprint density at radius 2 is 1.17 bits per heavy atom. The molecule has 4 aromatic carbocycles. The van der Waals surface area contributed by atoms with E-state index in [9.17, 15) is 0 Å². The van der Waals surface area contributed by atoms with Crippen LogP contribution in [0.15, 0.2) is 119 Å². The van der Waals surface area contributed by atoms with Crippen LogP contribution in [0.4, 0.5) is 0 Å². The molecule has 0 atom stereocenters. The molecular formula is C32H28Cl2SiZr.